The molecule has 7 heteroatoms. The van der Waals surface area contributed by atoms with Crippen molar-refractivity contribution in [1.29, 1.82) is 0 Å². The number of sulfone groups is 1. The number of rotatable bonds is 4. The lowest BCUT2D eigenvalue weighted by Crippen LogP contribution is -2.12. The number of benzene rings is 2. The second-order valence-corrected chi connectivity index (χ2v) is 7.41. The number of anilines is 1. The van der Waals surface area contributed by atoms with Crippen LogP contribution in [0.5, 0.6) is 5.75 Å². The topological polar surface area (TPSA) is 88.3 Å². The SMILES string of the molecule is COc1ccc2cc(C(=O)Nc3cccc(S(C)(=O)=O)c3)[nH]c2c1. The lowest BCUT2D eigenvalue weighted by molar-refractivity contribution is 0.102. The number of aromatic amines is 1. The van der Waals surface area contributed by atoms with Crippen LogP contribution < -0.4 is 10.1 Å². The lowest BCUT2D eigenvalue weighted by atomic mass is 10.2. The molecule has 0 spiro atoms. The van der Waals surface area contributed by atoms with Gasteiger partial charge in [-0.05, 0) is 36.4 Å². The van der Waals surface area contributed by atoms with E-state index in [1.165, 1.54) is 12.1 Å². The highest BCUT2D eigenvalue weighted by Gasteiger charge is 2.12. The Balaban J connectivity index is 1.87. The van der Waals surface area contributed by atoms with Gasteiger partial charge >= 0.3 is 0 Å². The minimum atomic E-state index is -3.33. The molecule has 3 rings (SSSR count). The highest BCUT2D eigenvalue weighted by atomic mass is 32.2. The van der Waals surface area contributed by atoms with Crippen LogP contribution in [-0.2, 0) is 9.84 Å². The highest BCUT2D eigenvalue weighted by molar-refractivity contribution is 7.90. The normalized spacial score (nSPS) is 11.4. The Morgan fingerprint density at radius 3 is 2.62 bits per heavy atom. The maximum absolute atomic E-state index is 12.4. The highest BCUT2D eigenvalue weighted by Crippen LogP contribution is 2.22. The number of hydrogen-bond acceptors (Lipinski definition) is 4. The Hall–Kier alpha value is -2.80. The third kappa shape index (κ3) is 3.26. The van der Waals surface area contributed by atoms with Crippen LogP contribution in [0.15, 0.2) is 53.4 Å². The van der Waals surface area contributed by atoms with Crippen molar-refractivity contribution in [3.8, 4) is 5.75 Å². The molecule has 24 heavy (non-hydrogen) atoms. The monoisotopic (exact) mass is 344 g/mol. The molecular weight excluding hydrogens is 328 g/mol. The number of H-pyrrole nitrogens is 1. The molecule has 2 N–H and O–H groups in total. The fraction of sp³-hybridized carbons (Fsp3) is 0.118. The number of fused-ring (bicyclic) bond motifs is 1. The number of carbonyl (C=O) groups is 1. The second-order valence-electron chi connectivity index (χ2n) is 5.39. The zero-order chi connectivity index (χ0) is 17.3. The third-order valence-corrected chi connectivity index (χ3v) is 4.70. The summed E-state index contributed by atoms with van der Waals surface area (Å²) in [5.74, 6) is 0.341. The van der Waals surface area contributed by atoms with Crippen molar-refractivity contribution in [2.75, 3.05) is 18.7 Å². The second kappa shape index (κ2) is 6.01. The summed E-state index contributed by atoms with van der Waals surface area (Å²) in [5, 5.41) is 3.57. The van der Waals surface area contributed by atoms with Gasteiger partial charge in [0.15, 0.2) is 9.84 Å². The zero-order valence-corrected chi connectivity index (χ0v) is 14.0. The molecule has 0 fully saturated rings. The fourth-order valence-corrected chi connectivity index (χ4v) is 3.03. The van der Waals surface area contributed by atoms with E-state index in [2.05, 4.69) is 10.3 Å². The van der Waals surface area contributed by atoms with E-state index < -0.39 is 9.84 Å². The Bertz CT molecular complexity index is 1020. The van der Waals surface area contributed by atoms with Crippen LogP contribution in [0.2, 0.25) is 0 Å². The average molecular weight is 344 g/mol. The summed E-state index contributed by atoms with van der Waals surface area (Å²) in [5.41, 5.74) is 1.58. The molecule has 0 saturated heterocycles. The molecule has 0 radical (unpaired) electrons. The van der Waals surface area contributed by atoms with Crippen LogP contribution >= 0.6 is 0 Å². The smallest absolute Gasteiger partial charge is 0.272 e. The van der Waals surface area contributed by atoms with Gasteiger partial charge in [0.2, 0.25) is 0 Å². The van der Waals surface area contributed by atoms with E-state index in [0.29, 0.717) is 17.1 Å². The first kappa shape index (κ1) is 16.1. The number of hydrogen-bond donors (Lipinski definition) is 2. The molecule has 2 aromatic carbocycles. The van der Waals surface area contributed by atoms with Gasteiger partial charge in [-0.15, -0.1) is 0 Å². The van der Waals surface area contributed by atoms with Crippen LogP contribution in [0.1, 0.15) is 10.5 Å². The van der Waals surface area contributed by atoms with Gasteiger partial charge in [0.25, 0.3) is 5.91 Å². The van der Waals surface area contributed by atoms with Crippen LogP contribution in [0, 0.1) is 0 Å². The first-order valence-electron chi connectivity index (χ1n) is 7.15. The number of methoxy groups -OCH3 is 1. The summed E-state index contributed by atoms with van der Waals surface area (Å²) in [6.07, 6.45) is 1.12. The van der Waals surface area contributed by atoms with Gasteiger partial charge < -0.3 is 15.0 Å². The Morgan fingerprint density at radius 1 is 1.12 bits per heavy atom. The molecule has 0 saturated carbocycles. The van der Waals surface area contributed by atoms with Crippen molar-refractivity contribution in [2.45, 2.75) is 4.90 Å². The maximum Gasteiger partial charge on any atom is 0.272 e. The molecule has 6 nitrogen and oxygen atoms in total. The van der Waals surface area contributed by atoms with E-state index in [-0.39, 0.29) is 10.8 Å². The molecule has 0 unspecified atom stereocenters. The first-order valence-corrected chi connectivity index (χ1v) is 9.04. The van der Waals surface area contributed by atoms with E-state index in [9.17, 15) is 13.2 Å². The quantitative estimate of drug-likeness (QED) is 0.762. The van der Waals surface area contributed by atoms with Crippen molar-refractivity contribution < 1.29 is 17.9 Å². The third-order valence-electron chi connectivity index (χ3n) is 3.59. The molecular formula is C17H16N2O4S. The molecule has 124 valence electrons. The van der Waals surface area contributed by atoms with Gasteiger partial charge in [-0.25, -0.2) is 8.42 Å². The Labute approximate surface area is 139 Å². The van der Waals surface area contributed by atoms with Crippen molar-refractivity contribution in [3.05, 3.63) is 54.2 Å². The number of ether oxygens (including phenoxy) is 1. The van der Waals surface area contributed by atoms with E-state index >= 15 is 0 Å². The largest absolute Gasteiger partial charge is 0.497 e. The summed E-state index contributed by atoms with van der Waals surface area (Å²) < 4.78 is 28.3. The summed E-state index contributed by atoms with van der Waals surface area (Å²) in [7, 11) is -1.75. The van der Waals surface area contributed by atoms with Crippen LogP contribution in [-0.4, -0.2) is 32.7 Å². The molecule has 1 aromatic heterocycles. The predicted molar refractivity (Wildman–Crippen MR) is 92.4 cm³/mol. The number of amides is 1. The fourth-order valence-electron chi connectivity index (χ4n) is 2.36. The predicted octanol–water partition coefficient (Wildman–Crippen LogP) is 2.83. The van der Waals surface area contributed by atoms with Gasteiger partial charge in [0.05, 0.1) is 12.0 Å². The molecule has 3 aromatic rings. The standard InChI is InChI=1S/C17H16N2O4S/c1-23-13-7-6-11-8-16(19-15(11)10-13)17(20)18-12-4-3-5-14(9-12)24(2,21)22/h3-10,19H,1-2H3,(H,18,20). The Morgan fingerprint density at radius 2 is 1.92 bits per heavy atom. The summed E-state index contributed by atoms with van der Waals surface area (Å²) in [6, 6.07) is 13.3. The molecule has 0 aliphatic heterocycles. The van der Waals surface area contributed by atoms with Crippen molar-refractivity contribution in [3.63, 3.8) is 0 Å². The first-order chi connectivity index (χ1) is 11.4. The zero-order valence-electron chi connectivity index (χ0n) is 13.2. The molecule has 0 aliphatic carbocycles. The summed E-state index contributed by atoms with van der Waals surface area (Å²) >= 11 is 0. The molecule has 0 aliphatic rings. The van der Waals surface area contributed by atoms with Crippen LogP contribution in [0.4, 0.5) is 5.69 Å². The number of carbonyl (C=O) groups excluding carboxylic acids is 1. The summed E-state index contributed by atoms with van der Waals surface area (Å²) in [6.45, 7) is 0. The molecule has 0 atom stereocenters. The van der Waals surface area contributed by atoms with E-state index in [1.54, 1.807) is 31.4 Å². The number of aromatic nitrogens is 1. The number of nitrogens with one attached hydrogen (secondary N) is 2. The molecule has 0 bridgehead atoms. The van der Waals surface area contributed by atoms with Gasteiger partial charge in [-0.3, -0.25) is 4.79 Å². The van der Waals surface area contributed by atoms with Crippen LogP contribution in [0.25, 0.3) is 10.9 Å². The Kier molecular flexibility index (Phi) is 4.02. The van der Waals surface area contributed by atoms with E-state index in [4.69, 9.17) is 4.74 Å². The van der Waals surface area contributed by atoms with Crippen molar-refractivity contribution in [2.24, 2.45) is 0 Å². The maximum atomic E-state index is 12.4. The molecule has 1 amide bonds. The summed E-state index contributed by atoms with van der Waals surface area (Å²) in [4.78, 5) is 15.6. The van der Waals surface area contributed by atoms with E-state index in [1.807, 2.05) is 12.1 Å². The van der Waals surface area contributed by atoms with Gasteiger partial charge in [-0.1, -0.05) is 6.07 Å². The minimum absolute atomic E-state index is 0.154. The lowest BCUT2D eigenvalue weighted by Gasteiger charge is -2.05. The van der Waals surface area contributed by atoms with Crippen molar-refractivity contribution in [1.82, 2.24) is 4.98 Å². The van der Waals surface area contributed by atoms with Gasteiger partial charge in [0.1, 0.15) is 11.4 Å². The van der Waals surface area contributed by atoms with E-state index in [0.717, 1.165) is 17.2 Å². The minimum Gasteiger partial charge on any atom is -0.497 e. The van der Waals surface area contributed by atoms with Gasteiger partial charge in [0, 0.05) is 28.9 Å². The average Bonchev–Trinajstić information content (AvgIpc) is 2.97. The van der Waals surface area contributed by atoms with Crippen molar-refractivity contribution >= 4 is 32.3 Å². The molecule has 1 heterocycles. The van der Waals surface area contributed by atoms with Crippen LogP contribution in [0.3, 0.4) is 0 Å². The van der Waals surface area contributed by atoms with Gasteiger partial charge in [-0.2, -0.15) is 0 Å².